The van der Waals surface area contributed by atoms with E-state index in [9.17, 15) is 0 Å². The van der Waals surface area contributed by atoms with E-state index in [1.165, 1.54) is 4.68 Å². The summed E-state index contributed by atoms with van der Waals surface area (Å²) in [6, 6.07) is 3.15. The molecular weight excluding hydrogens is 218 g/mol. The molecule has 3 nitrogen and oxygen atoms in total. The Bertz CT molecular complexity index is 512. The average Bonchev–Trinajstić information content (AvgIpc) is 2.46. The molecule has 2 aromatic rings. The third-order valence-corrected chi connectivity index (χ3v) is 1.76. The number of nitrogens with zero attached hydrogens (tertiary/aromatic N) is 3. The SMILES string of the molecule is [2H]c1nn(-c2ccnc(Br)c2)c([2H])c1[2H]. The Morgan fingerprint density at radius 1 is 1.58 bits per heavy atom. The van der Waals surface area contributed by atoms with E-state index >= 15 is 0 Å². The Morgan fingerprint density at radius 3 is 3.17 bits per heavy atom. The molecule has 0 saturated heterocycles. The maximum Gasteiger partial charge on any atom is 0.108 e. The van der Waals surface area contributed by atoms with Crippen LogP contribution in [0.1, 0.15) is 4.11 Å². The summed E-state index contributed by atoms with van der Waals surface area (Å²) in [5, 5.41) is 3.78. The molecular formula is C8H6BrN3. The molecule has 0 aliphatic rings. The van der Waals surface area contributed by atoms with Gasteiger partial charge in [0.2, 0.25) is 0 Å². The minimum Gasteiger partial charge on any atom is -0.249 e. The highest BCUT2D eigenvalue weighted by atomic mass is 79.9. The second-order valence-electron chi connectivity index (χ2n) is 2.10. The number of pyridine rings is 1. The smallest absolute Gasteiger partial charge is 0.108 e. The first-order valence-corrected chi connectivity index (χ1v) is 4.03. The first kappa shape index (κ1) is 4.77. The first-order valence-electron chi connectivity index (χ1n) is 4.74. The minimum atomic E-state index is -0.201. The van der Waals surface area contributed by atoms with E-state index in [1.54, 1.807) is 18.3 Å². The van der Waals surface area contributed by atoms with Crippen molar-refractivity contribution in [1.82, 2.24) is 14.8 Å². The zero-order valence-corrected chi connectivity index (χ0v) is 7.54. The van der Waals surface area contributed by atoms with E-state index in [0.29, 0.717) is 10.3 Å². The molecule has 0 N–H and O–H groups in total. The highest BCUT2D eigenvalue weighted by Crippen LogP contribution is 2.10. The quantitative estimate of drug-likeness (QED) is 0.698. The second kappa shape index (κ2) is 3.06. The fraction of sp³-hybridized carbons (Fsp3) is 0. The second-order valence-corrected chi connectivity index (χ2v) is 2.91. The molecule has 12 heavy (non-hydrogen) atoms. The Morgan fingerprint density at radius 2 is 2.50 bits per heavy atom. The van der Waals surface area contributed by atoms with Crippen LogP contribution in [0.3, 0.4) is 0 Å². The number of hydrogen-bond acceptors (Lipinski definition) is 2. The first-order chi connectivity index (χ1) is 7.09. The predicted molar refractivity (Wildman–Crippen MR) is 49.1 cm³/mol. The van der Waals surface area contributed by atoms with Gasteiger partial charge in [0.1, 0.15) is 4.60 Å². The topological polar surface area (TPSA) is 30.7 Å². The van der Waals surface area contributed by atoms with Crippen LogP contribution in [0.5, 0.6) is 0 Å². The van der Waals surface area contributed by atoms with Crippen molar-refractivity contribution in [2.75, 3.05) is 0 Å². The standard InChI is InChI=1S/C8H6BrN3/c9-8-6-7(2-4-10-8)12-5-1-3-11-12/h1-6H/i1D,3D,5D. The molecule has 0 aromatic carbocycles. The van der Waals surface area contributed by atoms with E-state index in [1.807, 2.05) is 0 Å². The monoisotopic (exact) mass is 226 g/mol. The Kier molecular flexibility index (Phi) is 1.22. The van der Waals surface area contributed by atoms with Gasteiger partial charge in [0.25, 0.3) is 0 Å². The maximum absolute atomic E-state index is 7.58. The van der Waals surface area contributed by atoms with Gasteiger partial charge in [-0.1, -0.05) is 0 Å². The van der Waals surface area contributed by atoms with E-state index < -0.39 is 0 Å². The lowest BCUT2D eigenvalue weighted by Gasteiger charge is -1.99. The summed E-state index contributed by atoms with van der Waals surface area (Å²) in [5.41, 5.74) is 0.605. The van der Waals surface area contributed by atoms with Crippen LogP contribution in [0.25, 0.3) is 5.69 Å². The molecule has 0 fully saturated rings. The molecule has 4 heteroatoms. The van der Waals surface area contributed by atoms with Gasteiger partial charge in [-0.3, -0.25) is 0 Å². The Balaban J connectivity index is 2.59. The zero-order chi connectivity index (χ0) is 11.0. The van der Waals surface area contributed by atoms with Crippen LogP contribution >= 0.6 is 15.9 Å². The van der Waals surface area contributed by atoms with Crippen molar-refractivity contribution in [3.8, 4) is 5.69 Å². The molecule has 60 valence electrons. The lowest BCUT2D eigenvalue weighted by molar-refractivity contribution is 0.876. The molecule has 0 unspecified atom stereocenters. The molecule has 0 saturated carbocycles. The molecule has 2 aromatic heterocycles. The summed E-state index contributed by atoms with van der Waals surface area (Å²) in [5.74, 6) is 0. The lowest BCUT2D eigenvalue weighted by Crippen LogP contribution is -1.93. The maximum atomic E-state index is 7.58. The Hall–Kier alpha value is -1.16. The zero-order valence-electron chi connectivity index (χ0n) is 8.95. The highest BCUT2D eigenvalue weighted by Gasteiger charge is 1.95. The molecule has 0 radical (unpaired) electrons. The van der Waals surface area contributed by atoms with Crippen molar-refractivity contribution in [2.45, 2.75) is 0 Å². The third-order valence-electron chi connectivity index (χ3n) is 1.32. The number of hydrogen-bond donors (Lipinski definition) is 0. The van der Waals surface area contributed by atoms with Gasteiger partial charge in [0.15, 0.2) is 0 Å². The van der Waals surface area contributed by atoms with Crippen molar-refractivity contribution in [1.29, 1.82) is 0 Å². The molecule has 0 aliphatic heterocycles. The van der Waals surface area contributed by atoms with Crippen molar-refractivity contribution in [3.05, 3.63) is 41.3 Å². The van der Waals surface area contributed by atoms with Gasteiger partial charge in [0, 0.05) is 18.5 Å². The molecule has 0 bridgehead atoms. The van der Waals surface area contributed by atoms with Crippen LogP contribution in [0.2, 0.25) is 0 Å². The molecule has 2 rings (SSSR count). The summed E-state index contributed by atoms with van der Waals surface area (Å²) in [6.07, 6.45) is 1.26. The summed E-state index contributed by atoms with van der Waals surface area (Å²) in [7, 11) is 0. The van der Waals surface area contributed by atoms with Gasteiger partial charge >= 0.3 is 0 Å². The molecule has 0 atom stereocenters. The largest absolute Gasteiger partial charge is 0.249 e. The normalized spacial score (nSPS) is 13.6. The third kappa shape index (κ3) is 1.38. The summed E-state index contributed by atoms with van der Waals surface area (Å²) in [4.78, 5) is 3.94. The molecule has 0 aliphatic carbocycles. The van der Waals surface area contributed by atoms with Crippen molar-refractivity contribution < 1.29 is 4.11 Å². The van der Waals surface area contributed by atoms with Crippen LogP contribution in [0.15, 0.2) is 41.3 Å². The van der Waals surface area contributed by atoms with Crippen molar-refractivity contribution in [3.63, 3.8) is 0 Å². The van der Waals surface area contributed by atoms with Crippen molar-refractivity contribution >= 4 is 15.9 Å². The van der Waals surface area contributed by atoms with Gasteiger partial charge in [-0.15, -0.1) is 0 Å². The van der Waals surface area contributed by atoms with E-state index in [-0.39, 0.29) is 18.4 Å². The van der Waals surface area contributed by atoms with Crippen LogP contribution in [0.4, 0.5) is 0 Å². The van der Waals surface area contributed by atoms with Gasteiger partial charge in [-0.25, -0.2) is 9.67 Å². The number of rotatable bonds is 1. The van der Waals surface area contributed by atoms with E-state index in [4.69, 9.17) is 4.11 Å². The summed E-state index contributed by atoms with van der Waals surface area (Å²) >= 11 is 3.20. The van der Waals surface area contributed by atoms with E-state index in [2.05, 4.69) is 26.0 Å². The molecule has 0 spiro atoms. The van der Waals surface area contributed by atoms with Gasteiger partial charge in [0.05, 0.1) is 9.80 Å². The van der Waals surface area contributed by atoms with Gasteiger partial charge < -0.3 is 0 Å². The highest BCUT2D eigenvalue weighted by molar-refractivity contribution is 9.10. The summed E-state index contributed by atoms with van der Waals surface area (Å²) in [6.45, 7) is 0. The van der Waals surface area contributed by atoms with Gasteiger partial charge in [-0.2, -0.15) is 5.10 Å². The average molecular weight is 227 g/mol. The molecule has 2 heterocycles. The number of aromatic nitrogens is 3. The minimum absolute atomic E-state index is 0.0990. The van der Waals surface area contributed by atoms with Crippen LogP contribution < -0.4 is 0 Å². The van der Waals surface area contributed by atoms with Gasteiger partial charge in [-0.05, 0) is 34.1 Å². The van der Waals surface area contributed by atoms with Crippen LogP contribution in [-0.2, 0) is 0 Å². The van der Waals surface area contributed by atoms with E-state index in [0.717, 1.165) is 0 Å². The lowest BCUT2D eigenvalue weighted by atomic mass is 10.4. The summed E-state index contributed by atoms with van der Waals surface area (Å²) < 4.78 is 24.1. The molecule has 0 amide bonds. The van der Waals surface area contributed by atoms with Crippen LogP contribution in [-0.4, -0.2) is 14.8 Å². The predicted octanol–water partition coefficient (Wildman–Crippen LogP) is 2.03. The van der Waals surface area contributed by atoms with Crippen molar-refractivity contribution in [2.24, 2.45) is 0 Å². The van der Waals surface area contributed by atoms with Crippen LogP contribution in [0, 0.1) is 0 Å². The fourth-order valence-corrected chi connectivity index (χ4v) is 1.18. The fourth-order valence-electron chi connectivity index (χ4n) is 0.824. The Labute approximate surface area is 82.4 Å². The number of halogens is 1.